The summed E-state index contributed by atoms with van der Waals surface area (Å²) in [7, 11) is 0. The SMILES string of the molecule is NCC1=C(c2cc3cccc(-c4ccsc4)c3[nH]2)NCC(C2CCCCC2)N1CN. The van der Waals surface area contributed by atoms with E-state index < -0.39 is 0 Å². The zero-order valence-corrected chi connectivity index (χ0v) is 18.2. The minimum atomic E-state index is 0.434. The Morgan fingerprint density at radius 2 is 1.97 bits per heavy atom. The number of aromatic amines is 1. The number of rotatable bonds is 5. The maximum Gasteiger partial charge on any atom is 0.0789 e. The summed E-state index contributed by atoms with van der Waals surface area (Å²) in [5.41, 5.74) is 19.5. The van der Waals surface area contributed by atoms with Crippen LogP contribution >= 0.6 is 11.3 Å². The first-order valence-corrected chi connectivity index (χ1v) is 12.0. The molecule has 1 aromatic carbocycles. The Bertz CT molecular complexity index is 1030. The van der Waals surface area contributed by atoms with Gasteiger partial charge in [-0.1, -0.05) is 37.5 Å². The van der Waals surface area contributed by atoms with Crippen LogP contribution in [-0.4, -0.2) is 35.7 Å². The molecule has 2 aliphatic rings. The molecule has 0 radical (unpaired) electrons. The summed E-state index contributed by atoms with van der Waals surface area (Å²) in [6.07, 6.45) is 6.63. The number of benzene rings is 1. The van der Waals surface area contributed by atoms with Gasteiger partial charge in [0, 0.05) is 24.0 Å². The normalized spacial score (nSPS) is 20.7. The van der Waals surface area contributed by atoms with Gasteiger partial charge in [0.05, 0.1) is 35.3 Å². The fourth-order valence-electron chi connectivity index (χ4n) is 5.37. The van der Waals surface area contributed by atoms with Crippen LogP contribution in [0, 0.1) is 5.92 Å². The number of nitrogens with zero attached hydrogens (tertiary/aromatic N) is 1. The largest absolute Gasteiger partial charge is 0.380 e. The van der Waals surface area contributed by atoms with Gasteiger partial charge in [-0.2, -0.15) is 11.3 Å². The number of H-pyrrole nitrogens is 1. The zero-order valence-electron chi connectivity index (χ0n) is 17.4. The molecular formula is C24H31N5S. The van der Waals surface area contributed by atoms with Gasteiger partial charge in [-0.3, -0.25) is 0 Å². The number of hydrogen-bond acceptors (Lipinski definition) is 5. The molecule has 6 N–H and O–H groups in total. The molecule has 158 valence electrons. The third-order valence-electron chi connectivity index (χ3n) is 6.87. The van der Waals surface area contributed by atoms with Crippen LogP contribution in [-0.2, 0) is 0 Å². The van der Waals surface area contributed by atoms with Gasteiger partial charge in [0.15, 0.2) is 0 Å². The summed E-state index contributed by atoms with van der Waals surface area (Å²) in [5.74, 6) is 0.700. The van der Waals surface area contributed by atoms with Crippen LogP contribution in [0.15, 0.2) is 46.8 Å². The molecule has 0 spiro atoms. The van der Waals surface area contributed by atoms with Crippen molar-refractivity contribution >= 4 is 27.9 Å². The van der Waals surface area contributed by atoms with Crippen LogP contribution in [0.1, 0.15) is 37.8 Å². The quantitative estimate of drug-likeness (QED) is 0.495. The maximum atomic E-state index is 6.28. The fourth-order valence-corrected chi connectivity index (χ4v) is 6.02. The Hall–Kier alpha value is -2.28. The van der Waals surface area contributed by atoms with Crippen molar-refractivity contribution in [3.05, 3.63) is 52.5 Å². The molecule has 5 rings (SSSR count). The Morgan fingerprint density at radius 3 is 2.70 bits per heavy atom. The van der Waals surface area contributed by atoms with Gasteiger partial charge in [0.1, 0.15) is 0 Å². The second kappa shape index (κ2) is 8.46. The number of hydrogen-bond donors (Lipinski definition) is 4. The molecule has 6 heteroatoms. The average molecular weight is 422 g/mol. The molecule has 0 saturated heterocycles. The summed E-state index contributed by atoms with van der Waals surface area (Å²) in [5, 5.41) is 9.28. The molecule has 3 aromatic rings. The second-order valence-electron chi connectivity index (χ2n) is 8.49. The van der Waals surface area contributed by atoms with E-state index in [1.807, 2.05) is 0 Å². The molecule has 1 fully saturated rings. The summed E-state index contributed by atoms with van der Waals surface area (Å²) < 4.78 is 0. The number of para-hydroxylation sites is 1. The Balaban J connectivity index is 1.54. The van der Waals surface area contributed by atoms with Crippen LogP contribution in [0.5, 0.6) is 0 Å². The van der Waals surface area contributed by atoms with E-state index in [0.717, 1.165) is 23.6 Å². The Kier molecular flexibility index (Phi) is 5.54. The lowest BCUT2D eigenvalue weighted by molar-refractivity contribution is 0.144. The molecule has 2 aromatic heterocycles. The van der Waals surface area contributed by atoms with Gasteiger partial charge in [-0.25, -0.2) is 0 Å². The van der Waals surface area contributed by atoms with E-state index in [2.05, 4.69) is 56.3 Å². The summed E-state index contributed by atoms with van der Waals surface area (Å²) in [6, 6.07) is 11.3. The highest BCUT2D eigenvalue weighted by molar-refractivity contribution is 7.08. The molecule has 5 nitrogen and oxygen atoms in total. The van der Waals surface area contributed by atoms with Gasteiger partial charge in [0.2, 0.25) is 0 Å². The van der Waals surface area contributed by atoms with Crippen LogP contribution in [0.3, 0.4) is 0 Å². The highest BCUT2D eigenvalue weighted by Gasteiger charge is 2.34. The number of nitrogens with two attached hydrogens (primary N) is 2. The second-order valence-corrected chi connectivity index (χ2v) is 9.27. The van der Waals surface area contributed by atoms with E-state index >= 15 is 0 Å². The highest BCUT2D eigenvalue weighted by Crippen LogP contribution is 2.36. The van der Waals surface area contributed by atoms with Crippen LogP contribution in [0.4, 0.5) is 0 Å². The molecule has 1 saturated carbocycles. The summed E-state index contributed by atoms with van der Waals surface area (Å²) >= 11 is 1.73. The first-order chi connectivity index (χ1) is 14.8. The lowest BCUT2D eigenvalue weighted by atomic mass is 9.82. The number of aromatic nitrogens is 1. The van der Waals surface area contributed by atoms with Gasteiger partial charge in [-0.15, -0.1) is 0 Å². The minimum Gasteiger partial charge on any atom is -0.380 e. The van der Waals surface area contributed by atoms with Crippen LogP contribution < -0.4 is 16.8 Å². The van der Waals surface area contributed by atoms with Gasteiger partial charge >= 0.3 is 0 Å². The van der Waals surface area contributed by atoms with Crippen molar-refractivity contribution in [2.24, 2.45) is 17.4 Å². The first kappa shape index (κ1) is 19.7. The third kappa shape index (κ3) is 3.43. The summed E-state index contributed by atoms with van der Waals surface area (Å²) in [4.78, 5) is 6.05. The van der Waals surface area contributed by atoms with Crippen molar-refractivity contribution in [2.75, 3.05) is 19.8 Å². The minimum absolute atomic E-state index is 0.434. The van der Waals surface area contributed by atoms with Gasteiger partial charge in [0.25, 0.3) is 0 Å². The zero-order chi connectivity index (χ0) is 20.5. The molecule has 3 heterocycles. The smallest absolute Gasteiger partial charge is 0.0789 e. The lowest BCUT2D eigenvalue weighted by Crippen LogP contribution is -2.54. The van der Waals surface area contributed by atoms with E-state index in [1.54, 1.807) is 11.3 Å². The highest BCUT2D eigenvalue weighted by atomic mass is 32.1. The molecule has 1 aliphatic heterocycles. The van der Waals surface area contributed by atoms with Crippen LogP contribution in [0.25, 0.3) is 27.7 Å². The van der Waals surface area contributed by atoms with Crippen molar-refractivity contribution in [1.82, 2.24) is 15.2 Å². The molecule has 0 amide bonds. The molecule has 1 atom stereocenters. The fraction of sp³-hybridized carbons (Fsp3) is 0.417. The third-order valence-corrected chi connectivity index (χ3v) is 7.55. The van der Waals surface area contributed by atoms with E-state index in [-0.39, 0.29) is 0 Å². The lowest BCUT2D eigenvalue weighted by Gasteiger charge is -2.44. The van der Waals surface area contributed by atoms with Gasteiger partial charge < -0.3 is 26.7 Å². The van der Waals surface area contributed by atoms with Crippen LogP contribution in [0.2, 0.25) is 0 Å². The number of fused-ring (bicyclic) bond motifs is 1. The van der Waals surface area contributed by atoms with Crippen molar-refractivity contribution in [1.29, 1.82) is 0 Å². The Labute approximate surface area is 182 Å². The van der Waals surface area contributed by atoms with Crippen molar-refractivity contribution < 1.29 is 0 Å². The molecule has 30 heavy (non-hydrogen) atoms. The predicted molar refractivity (Wildman–Crippen MR) is 127 cm³/mol. The van der Waals surface area contributed by atoms with E-state index in [9.17, 15) is 0 Å². The molecular weight excluding hydrogens is 390 g/mol. The van der Waals surface area contributed by atoms with Crippen molar-refractivity contribution in [3.63, 3.8) is 0 Å². The van der Waals surface area contributed by atoms with Crippen molar-refractivity contribution in [2.45, 2.75) is 38.1 Å². The molecule has 0 bridgehead atoms. The maximum absolute atomic E-state index is 6.28. The van der Waals surface area contributed by atoms with E-state index in [1.165, 1.54) is 54.1 Å². The molecule has 1 unspecified atom stereocenters. The van der Waals surface area contributed by atoms with E-state index in [0.29, 0.717) is 25.2 Å². The summed E-state index contributed by atoms with van der Waals surface area (Å²) in [6.45, 7) is 1.92. The molecule has 1 aliphatic carbocycles. The van der Waals surface area contributed by atoms with E-state index in [4.69, 9.17) is 11.5 Å². The monoisotopic (exact) mass is 421 g/mol. The number of nitrogens with one attached hydrogen (secondary N) is 2. The Morgan fingerprint density at radius 1 is 1.10 bits per heavy atom. The topological polar surface area (TPSA) is 83.1 Å². The standard InChI is InChI=1S/C24H31N5S/c25-12-21-24(27-13-22(29(21)15-26)16-5-2-1-3-6-16)20-11-17-7-4-8-19(23(17)28-20)18-9-10-30-14-18/h4,7-11,14,16,22,27-28H,1-3,5-6,12-13,15,25-26H2. The van der Waals surface area contributed by atoms with Crippen molar-refractivity contribution in [3.8, 4) is 11.1 Å². The number of thiophene rings is 1. The first-order valence-electron chi connectivity index (χ1n) is 11.1. The average Bonchev–Trinajstić information content (AvgIpc) is 3.48. The predicted octanol–water partition coefficient (Wildman–Crippen LogP) is 4.29. The van der Waals surface area contributed by atoms with Gasteiger partial charge in [-0.05, 0) is 47.2 Å².